The lowest BCUT2D eigenvalue weighted by molar-refractivity contribution is -0.128. The van der Waals surface area contributed by atoms with E-state index in [0.29, 0.717) is 29.4 Å². The van der Waals surface area contributed by atoms with Gasteiger partial charge < -0.3 is 10.1 Å². The topological polar surface area (TPSA) is 96.5 Å². The Bertz CT molecular complexity index is 869. The zero-order valence-corrected chi connectivity index (χ0v) is 17.1. The molecule has 0 aliphatic heterocycles. The van der Waals surface area contributed by atoms with Crippen molar-refractivity contribution in [1.82, 2.24) is 16.2 Å². The number of ether oxygens (including phenoxy) is 1. The van der Waals surface area contributed by atoms with Crippen molar-refractivity contribution in [2.45, 2.75) is 26.7 Å². The van der Waals surface area contributed by atoms with Gasteiger partial charge in [-0.15, -0.1) is 0 Å². The van der Waals surface area contributed by atoms with Crippen LogP contribution in [0.5, 0.6) is 5.75 Å². The number of hydrogen-bond acceptors (Lipinski definition) is 4. The summed E-state index contributed by atoms with van der Waals surface area (Å²) >= 11 is 5.89. The third-order valence-electron chi connectivity index (χ3n) is 4.01. The molecule has 29 heavy (non-hydrogen) atoms. The number of rotatable bonds is 8. The average molecular weight is 418 g/mol. The van der Waals surface area contributed by atoms with Crippen LogP contribution in [0.1, 0.15) is 34.3 Å². The van der Waals surface area contributed by atoms with Gasteiger partial charge in [-0.2, -0.15) is 0 Å². The number of carbonyl (C=O) groups excluding carboxylic acids is 3. The maximum atomic E-state index is 11.9. The molecule has 0 aliphatic rings. The quantitative estimate of drug-likeness (QED) is 0.454. The lowest BCUT2D eigenvalue weighted by Crippen LogP contribution is -2.46. The van der Waals surface area contributed by atoms with Crippen LogP contribution in [0.4, 0.5) is 0 Å². The Kier molecular flexibility index (Phi) is 8.48. The van der Waals surface area contributed by atoms with Crippen molar-refractivity contribution in [2.24, 2.45) is 0 Å². The van der Waals surface area contributed by atoms with E-state index in [0.717, 1.165) is 11.1 Å². The van der Waals surface area contributed by atoms with Gasteiger partial charge in [-0.1, -0.05) is 29.3 Å². The molecule has 8 heteroatoms. The first-order valence-electron chi connectivity index (χ1n) is 9.16. The second-order valence-corrected chi connectivity index (χ2v) is 6.94. The van der Waals surface area contributed by atoms with E-state index >= 15 is 0 Å². The van der Waals surface area contributed by atoms with E-state index in [-0.39, 0.29) is 24.8 Å². The monoisotopic (exact) mass is 417 g/mol. The van der Waals surface area contributed by atoms with Crippen molar-refractivity contribution in [1.29, 1.82) is 0 Å². The summed E-state index contributed by atoms with van der Waals surface area (Å²) in [6.07, 6.45) is 0.663. The zero-order chi connectivity index (χ0) is 21.2. The van der Waals surface area contributed by atoms with Gasteiger partial charge in [0, 0.05) is 17.0 Å². The minimum absolute atomic E-state index is 0.183. The Hall–Kier alpha value is -3.06. The number of nitrogens with one attached hydrogen (secondary N) is 3. The Balaban J connectivity index is 1.60. The standard InChI is InChI=1S/C21H24ClN3O4/c1-14-5-7-16(8-6-14)21(28)23-13-20(27)25-24-19(26)4-3-11-29-18-10-9-17(22)12-15(18)2/h5-10,12H,3-4,11,13H2,1-2H3,(H,23,28)(H,24,26)(H,25,27). The summed E-state index contributed by atoms with van der Waals surface area (Å²) in [5, 5.41) is 3.13. The number of hydrazine groups is 1. The molecule has 0 saturated heterocycles. The summed E-state index contributed by atoms with van der Waals surface area (Å²) in [5.74, 6) is -0.514. The fraction of sp³-hybridized carbons (Fsp3) is 0.286. The molecule has 0 radical (unpaired) electrons. The van der Waals surface area contributed by atoms with Crippen LogP contribution in [0.2, 0.25) is 5.02 Å². The summed E-state index contributed by atoms with van der Waals surface area (Å²) in [6, 6.07) is 12.3. The van der Waals surface area contributed by atoms with E-state index in [1.54, 1.807) is 30.3 Å². The van der Waals surface area contributed by atoms with E-state index in [4.69, 9.17) is 16.3 Å². The SMILES string of the molecule is Cc1ccc(C(=O)NCC(=O)NNC(=O)CCCOc2ccc(Cl)cc2C)cc1. The van der Waals surface area contributed by atoms with Crippen molar-refractivity contribution in [2.75, 3.05) is 13.2 Å². The molecule has 2 aromatic rings. The highest BCUT2D eigenvalue weighted by Gasteiger charge is 2.09. The van der Waals surface area contributed by atoms with Gasteiger partial charge in [0.05, 0.1) is 13.2 Å². The van der Waals surface area contributed by atoms with Crippen molar-refractivity contribution < 1.29 is 19.1 Å². The van der Waals surface area contributed by atoms with Crippen LogP contribution in [0, 0.1) is 13.8 Å². The fourth-order valence-corrected chi connectivity index (χ4v) is 2.63. The van der Waals surface area contributed by atoms with Crippen LogP contribution in [0.3, 0.4) is 0 Å². The maximum Gasteiger partial charge on any atom is 0.257 e. The molecular weight excluding hydrogens is 394 g/mol. The van der Waals surface area contributed by atoms with E-state index in [1.165, 1.54) is 0 Å². The molecule has 3 N–H and O–H groups in total. The molecule has 0 bridgehead atoms. The highest BCUT2D eigenvalue weighted by molar-refractivity contribution is 6.30. The van der Waals surface area contributed by atoms with Crippen molar-refractivity contribution in [3.05, 3.63) is 64.2 Å². The van der Waals surface area contributed by atoms with E-state index in [9.17, 15) is 14.4 Å². The normalized spacial score (nSPS) is 10.2. The van der Waals surface area contributed by atoms with Crippen LogP contribution in [-0.2, 0) is 9.59 Å². The summed E-state index contributed by atoms with van der Waals surface area (Å²) in [7, 11) is 0. The second kappa shape index (κ2) is 11.1. The highest BCUT2D eigenvalue weighted by atomic mass is 35.5. The largest absolute Gasteiger partial charge is 0.493 e. The molecule has 0 aliphatic carbocycles. The summed E-state index contributed by atoms with van der Waals surface area (Å²) in [6.45, 7) is 3.92. The first kappa shape index (κ1) is 22.2. The number of aryl methyl sites for hydroxylation is 2. The predicted molar refractivity (Wildman–Crippen MR) is 111 cm³/mol. The summed E-state index contributed by atoms with van der Waals surface area (Å²) < 4.78 is 5.61. The number of carbonyl (C=O) groups is 3. The zero-order valence-electron chi connectivity index (χ0n) is 16.4. The van der Waals surface area contributed by atoms with Gasteiger partial charge in [0.1, 0.15) is 5.75 Å². The molecular formula is C21H24ClN3O4. The Morgan fingerprint density at radius 3 is 2.34 bits per heavy atom. The van der Waals surface area contributed by atoms with Gasteiger partial charge in [0.15, 0.2) is 0 Å². The van der Waals surface area contributed by atoms with Crippen LogP contribution in [-0.4, -0.2) is 30.9 Å². The molecule has 0 fully saturated rings. The average Bonchev–Trinajstić information content (AvgIpc) is 2.69. The molecule has 0 atom stereocenters. The Morgan fingerprint density at radius 2 is 1.66 bits per heavy atom. The molecule has 3 amide bonds. The van der Waals surface area contributed by atoms with Gasteiger partial charge in [-0.25, -0.2) is 0 Å². The molecule has 0 saturated carbocycles. The molecule has 0 spiro atoms. The molecule has 7 nitrogen and oxygen atoms in total. The number of halogens is 1. The summed E-state index contributed by atoms with van der Waals surface area (Å²) in [5.41, 5.74) is 6.99. The van der Waals surface area contributed by atoms with Gasteiger partial charge in [-0.3, -0.25) is 25.2 Å². The van der Waals surface area contributed by atoms with E-state index in [2.05, 4.69) is 16.2 Å². The lowest BCUT2D eigenvalue weighted by atomic mass is 10.1. The number of benzene rings is 2. The Morgan fingerprint density at radius 1 is 0.966 bits per heavy atom. The lowest BCUT2D eigenvalue weighted by Gasteiger charge is -2.10. The van der Waals surface area contributed by atoms with Crippen LogP contribution in [0.25, 0.3) is 0 Å². The molecule has 0 heterocycles. The Labute approximate surface area is 174 Å². The molecule has 2 aromatic carbocycles. The minimum atomic E-state index is -0.521. The maximum absolute atomic E-state index is 11.9. The molecule has 0 aromatic heterocycles. The van der Waals surface area contributed by atoms with Gasteiger partial charge in [-0.05, 0) is 56.2 Å². The van der Waals surface area contributed by atoms with Crippen molar-refractivity contribution in [3.8, 4) is 5.75 Å². The smallest absolute Gasteiger partial charge is 0.257 e. The minimum Gasteiger partial charge on any atom is -0.493 e. The number of hydrogen-bond donors (Lipinski definition) is 3. The van der Waals surface area contributed by atoms with Crippen LogP contribution >= 0.6 is 11.6 Å². The van der Waals surface area contributed by atoms with E-state index < -0.39 is 5.91 Å². The van der Waals surface area contributed by atoms with Gasteiger partial charge in [0.2, 0.25) is 5.91 Å². The first-order valence-corrected chi connectivity index (χ1v) is 9.54. The van der Waals surface area contributed by atoms with Crippen molar-refractivity contribution in [3.63, 3.8) is 0 Å². The number of amides is 3. The van der Waals surface area contributed by atoms with Gasteiger partial charge in [0.25, 0.3) is 11.8 Å². The van der Waals surface area contributed by atoms with Crippen LogP contribution in [0.15, 0.2) is 42.5 Å². The predicted octanol–water partition coefficient (Wildman–Crippen LogP) is 2.69. The van der Waals surface area contributed by atoms with Gasteiger partial charge >= 0.3 is 0 Å². The third kappa shape index (κ3) is 7.83. The highest BCUT2D eigenvalue weighted by Crippen LogP contribution is 2.21. The van der Waals surface area contributed by atoms with Crippen LogP contribution < -0.4 is 20.9 Å². The molecule has 0 unspecified atom stereocenters. The summed E-state index contributed by atoms with van der Waals surface area (Å²) in [4.78, 5) is 35.4. The first-order chi connectivity index (χ1) is 13.8. The van der Waals surface area contributed by atoms with Crippen molar-refractivity contribution >= 4 is 29.3 Å². The second-order valence-electron chi connectivity index (χ2n) is 6.51. The van der Waals surface area contributed by atoms with E-state index in [1.807, 2.05) is 26.0 Å². The third-order valence-corrected chi connectivity index (χ3v) is 4.24. The fourth-order valence-electron chi connectivity index (χ4n) is 2.40. The molecule has 154 valence electrons. The molecule has 2 rings (SSSR count).